The van der Waals surface area contributed by atoms with Gasteiger partial charge in [-0.1, -0.05) is 30.3 Å². The van der Waals surface area contributed by atoms with Gasteiger partial charge in [-0.05, 0) is 12.0 Å². The Morgan fingerprint density at radius 1 is 1.32 bits per heavy atom. The number of carbonyl (C=O) groups is 2. The van der Waals surface area contributed by atoms with Crippen molar-refractivity contribution in [2.24, 2.45) is 0 Å². The number of hydrogen-bond acceptors (Lipinski definition) is 2. The Labute approximate surface area is 117 Å². The van der Waals surface area contributed by atoms with Crippen LogP contribution >= 0.6 is 11.6 Å². The molecule has 19 heavy (non-hydrogen) atoms. The zero-order valence-electron chi connectivity index (χ0n) is 10.6. The number of rotatable bonds is 4. The number of hydrogen-bond donors (Lipinski definition) is 1. The van der Waals surface area contributed by atoms with Crippen molar-refractivity contribution in [3.63, 3.8) is 0 Å². The van der Waals surface area contributed by atoms with Crippen LogP contribution in [0.2, 0.25) is 0 Å². The third kappa shape index (κ3) is 3.96. The van der Waals surface area contributed by atoms with Crippen LogP contribution in [0.3, 0.4) is 0 Å². The van der Waals surface area contributed by atoms with Crippen LogP contribution in [0.5, 0.6) is 0 Å². The summed E-state index contributed by atoms with van der Waals surface area (Å²) in [5.74, 6) is -0.0668. The van der Waals surface area contributed by atoms with Crippen LogP contribution in [0, 0.1) is 0 Å². The first-order valence-corrected chi connectivity index (χ1v) is 6.89. The first kappa shape index (κ1) is 13.9. The normalized spacial score (nSPS) is 18.4. The quantitative estimate of drug-likeness (QED) is 0.842. The van der Waals surface area contributed by atoms with Gasteiger partial charge in [0.2, 0.25) is 11.8 Å². The molecule has 1 fully saturated rings. The largest absolute Gasteiger partial charge is 0.351 e. The van der Waals surface area contributed by atoms with E-state index >= 15 is 0 Å². The predicted octanol–water partition coefficient (Wildman–Crippen LogP) is 1.18. The lowest BCUT2D eigenvalue weighted by molar-refractivity contribution is -0.128. The second kappa shape index (κ2) is 6.57. The smallest absolute Gasteiger partial charge is 0.237 e. The first-order chi connectivity index (χ1) is 9.19. The highest BCUT2D eigenvalue weighted by Gasteiger charge is 2.26. The van der Waals surface area contributed by atoms with Crippen LogP contribution < -0.4 is 5.32 Å². The van der Waals surface area contributed by atoms with Crippen LogP contribution in [-0.2, 0) is 16.0 Å². The fourth-order valence-electron chi connectivity index (χ4n) is 2.25. The fraction of sp³-hybridized carbons (Fsp3) is 0.429. The molecule has 4 nitrogen and oxygen atoms in total. The number of benzene rings is 1. The van der Waals surface area contributed by atoms with Crippen molar-refractivity contribution < 1.29 is 9.59 Å². The highest BCUT2D eigenvalue weighted by atomic mass is 35.5. The van der Waals surface area contributed by atoms with Gasteiger partial charge in [-0.2, -0.15) is 0 Å². The summed E-state index contributed by atoms with van der Waals surface area (Å²) in [6, 6.07) is 9.66. The minimum Gasteiger partial charge on any atom is -0.351 e. The Hall–Kier alpha value is -1.55. The SMILES string of the molecule is O=C(Cc1ccccc1)N[C@H]1CCN(C(=O)CCl)C1. The zero-order valence-corrected chi connectivity index (χ0v) is 11.4. The summed E-state index contributed by atoms with van der Waals surface area (Å²) in [4.78, 5) is 25.0. The van der Waals surface area contributed by atoms with E-state index in [-0.39, 0.29) is 23.7 Å². The second-order valence-electron chi connectivity index (χ2n) is 4.69. The summed E-state index contributed by atoms with van der Waals surface area (Å²) in [6.07, 6.45) is 1.17. The Kier molecular flexibility index (Phi) is 4.80. The van der Waals surface area contributed by atoms with E-state index in [0.717, 1.165) is 12.0 Å². The van der Waals surface area contributed by atoms with Gasteiger partial charge in [0.15, 0.2) is 0 Å². The van der Waals surface area contributed by atoms with Gasteiger partial charge in [-0.15, -0.1) is 11.6 Å². The summed E-state index contributed by atoms with van der Waals surface area (Å²) in [5, 5.41) is 2.96. The topological polar surface area (TPSA) is 49.4 Å². The van der Waals surface area contributed by atoms with Crippen LogP contribution in [0.4, 0.5) is 0 Å². The van der Waals surface area contributed by atoms with Crippen LogP contribution in [0.1, 0.15) is 12.0 Å². The predicted molar refractivity (Wildman–Crippen MR) is 74.0 cm³/mol. The minimum atomic E-state index is -0.0681. The molecule has 1 atom stereocenters. The van der Waals surface area contributed by atoms with Crippen LogP contribution in [0.15, 0.2) is 30.3 Å². The van der Waals surface area contributed by atoms with E-state index in [2.05, 4.69) is 5.32 Å². The van der Waals surface area contributed by atoms with Gasteiger partial charge in [0.05, 0.1) is 6.42 Å². The molecular weight excluding hydrogens is 264 g/mol. The molecule has 1 aliphatic heterocycles. The number of nitrogens with one attached hydrogen (secondary N) is 1. The van der Waals surface area contributed by atoms with Crippen LogP contribution in [-0.4, -0.2) is 41.7 Å². The Balaban J connectivity index is 1.79. The van der Waals surface area contributed by atoms with E-state index < -0.39 is 0 Å². The highest BCUT2D eigenvalue weighted by Crippen LogP contribution is 2.10. The summed E-state index contributed by atoms with van der Waals surface area (Å²) in [6.45, 7) is 1.23. The Morgan fingerprint density at radius 3 is 2.74 bits per heavy atom. The average Bonchev–Trinajstić information content (AvgIpc) is 2.87. The summed E-state index contributed by atoms with van der Waals surface area (Å²) < 4.78 is 0. The molecule has 2 rings (SSSR count). The molecule has 5 heteroatoms. The van der Waals surface area contributed by atoms with E-state index in [9.17, 15) is 9.59 Å². The monoisotopic (exact) mass is 280 g/mol. The fourth-order valence-corrected chi connectivity index (χ4v) is 2.42. The number of amides is 2. The third-order valence-corrected chi connectivity index (χ3v) is 3.46. The maximum atomic E-state index is 11.9. The van der Waals surface area contributed by atoms with Crippen molar-refractivity contribution >= 4 is 23.4 Å². The molecule has 0 spiro atoms. The molecule has 2 amide bonds. The number of carbonyl (C=O) groups excluding carboxylic acids is 2. The van der Waals surface area contributed by atoms with E-state index in [0.29, 0.717) is 19.5 Å². The number of halogens is 1. The summed E-state index contributed by atoms with van der Waals surface area (Å²) in [7, 11) is 0. The summed E-state index contributed by atoms with van der Waals surface area (Å²) >= 11 is 5.51. The lowest BCUT2D eigenvalue weighted by atomic mass is 10.1. The lowest BCUT2D eigenvalue weighted by Gasteiger charge is -2.15. The van der Waals surface area contributed by atoms with Crippen molar-refractivity contribution in [3.05, 3.63) is 35.9 Å². The van der Waals surface area contributed by atoms with E-state index in [4.69, 9.17) is 11.6 Å². The minimum absolute atomic E-state index is 0.00336. The maximum absolute atomic E-state index is 11.9. The van der Waals surface area contributed by atoms with Gasteiger partial charge in [0.25, 0.3) is 0 Å². The average molecular weight is 281 g/mol. The lowest BCUT2D eigenvalue weighted by Crippen LogP contribution is -2.39. The standard InChI is InChI=1S/C14H17ClN2O2/c15-9-14(19)17-7-6-12(10-17)16-13(18)8-11-4-2-1-3-5-11/h1-5,12H,6-10H2,(H,16,18)/t12-/m0/s1. The van der Waals surface area contributed by atoms with Gasteiger partial charge in [0.1, 0.15) is 5.88 Å². The van der Waals surface area contributed by atoms with Gasteiger partial charge >= 0.3 is 0 Å². The zero-order chi connectivity index (χ0) is 13.7. The van der Waals surface area contributed by atoms with E-state index in [1.807, 2.05) is 30.3 Å². The number of likely N-dealkylation sites (tertiary alicyclic amines) is 1. The van der Waals surface area contributed by atoms with Gasteiger partial charge in [-0.3, -0.25) is 9.59 Å². The van der Waals surface area contributed by atoms with Crippen LogP contribution in [0.25, 0.3) is 0 Å². The molecule has 1 N–H and O–H groups in total. The molecular formula is C14H17ClN2O2. The molecule has 0 aliphatic carbocycles. The number of nitrogens with zero attached hydrogens (tertiary/aromatic N) is 1. The Bertz CT molecular complexity index is 450. The molecule has 1 aliphatic rings. The third-order valence-electron chi connectivity index (χ3n) is 3.23. The molecule has 102 valence electrons. The molecule has 1 aromatic carbocycles. The van der Waals surface area contributed by atoms with Crippen molar-refractivity contribution in [3.8, 4) is 0 Å². The summed E-state index contributed by atoms with van der Waals surface area (Å²) in [5.41, 5.74) is 0.992. The van der Waals surface area contributed by atoms with Gasteiger partial charge in [-0.25, -0.2) is 0 Å². The highest BCUT2D eigenvalue weighted by molar-refractivity contribution is 6.27. The molecule has 1 saturated heterocycles. The Morgan fingerprint density at radius 2 is 2.05 bits per heavy atom. The molecule has 0 bridgehead atoms. The maximum Gasteiger partial charge on any atom is 0.237 e. The first-order valence-electron chi connectivity index (χ1n) is 6.36. The molecule has 0 aromatic heterocycles. The van der Waals surface area contributed by atoms with E-state index in [1.54, 1.807) is 4.90 Å². The van der Waals surface area contributed by atoms with E-state index in [1.165, 1.54) is 0 Å². The van der Waals surface area contributed by atoms with Crippen molar-refractivity contribution in [2.75, 3.05) is 19.0 Å². The molecule has 1 aromatic rings. The van der Waals surface area contributed by atoms with Crippen molar-refractivity contribution in [2.45, 2.75) is 18.9 Å². The van der Waals surface area contributed by atoms with Crippen molar-refractivity contribution in [1.29, 1.82) is 0 Å². The molecule has 0 unspecified atom stereocenters. The number of alkyl halides is 1. The van der Waals surface area contributed by atoms with Gasteiger partial charge in [0, 0.05) is 19.1 Å². The molecule has 0 radical (unpaired) electrons. The molecule has 0 saturated carbocycles. The second-order valence-corrected chi connectivity index (χ2v) is 4.96. The van der Waals surface area contributed by atoms with Crippen molar-refractivity contribution in [1.82, 2.24) is 10.2 Å². The molecule has 1 heterocycles. The van der Waals surface area contributed by atoms with Gasteiger partial charge < -0.3 is 10.2 Å².